The zero-order chi connectivity index (χ0) is 16.4. The van der Waals surface area contributed by atoms with E-state index in [4.69, 9.17) is 0 Å². The predicted octanol–water partition coefficient (Wildman–Crippen LogP) is 2.69. The summed E-state index contributed by atoms with van der Waals surface area (Å²) in [6.45, 7) is 2.33. The number of benzene rings is 2. The number of aromatic hydroxyl groups is 1. The number of aryl methyl sites for hydroxylation is 1. The molecule has 1 aliphatic rings. The van der Waals surface area contributed by atoms with Crippen LogP contribution in [0.15, 0.2) is 48.5 Å². The van der Waals surface area contributed by atoms with E-state index >= 15 is 0 Å². The number of nitrogens with one attached hydrogen (secondary N) is 1. The van der Waals surface area contributed by atoms with Crippen molar-refractivity contribution in [2.75, 3.05) is 16.8 Å². The summed E-state index contributed by atoms with van der Waals surface area (Å²) in [6.07, 6.45) is 0.174. The van der Waals surface area contributed by atoms with E-state index in [-0.39, 0.29) is 24.0 Å². The first kappa shape index (κ1) is 15.1. The quantitative estimate of drug-likeness (QED) is 0.856. The highest BCUT2D eigenvalue weighted by atomic mass is 16.3. The Morgan fingerprint density at radius 3 is 2.57 bits per heavy atom. The summed E-state index contributed by atoms with van der Waals surface area (Å²) in [5.41, 5.74) is 2.28. The molecular formula is C18H18N2O3. The Balaban J connectivity index is 1.71. The fourth-order valence-corrected chi connectivity index (χ4v) is 2.67. The van der Waals surface area contributed by atoms with E-state index in [2.05, 4.69) is 5.32 Å². The molecule has 5 nitrogen and oxygen atoms in total. The molecule has 0 saturated carbocycles. The highest BCUT2D eigenvalue weighted by Crippen LogP contribution is 2.28. The lowest BCUT2D eigenvalue weighted by molar-refractivity contribution is -0.122. The van der Waals surface area contributed by atoms with Gasteiger partial charge in [-0.25, -0.2) is 0 Å². The zero-order valence-corrected chi connectivity index (χ0v) is 12.8. The first-order valence-electron chi connectivity index (χ1n) is 7.50. The van der Waals surface area contributed by atoms with Crippen LogP contribution in [-0.2, 0) is 9.59 Å². The third-order valence-corrected chi connectivity index (χ3v) is 4.00. The second-order valence-electron chi connectivity index (χ2n) is 5.75. The Bertz CT molecular complexity index is 740. The number of hydrogen-bond acceptors (Lipinski definition) is 3. The minimum atomic E-state index is -0.427. The van der Waals surface area contributed by atoms with Crippen molar-refractivity contribution < 1.29 is 14.7 Å². The molecule has 1 saturated heterocycles. The SMILES string of the molecule is Cc1ccc(N2CC(C(=O)Nc3ccccc3O)CC2=O)cc1. The number of para-hydroxylation sites is 2. The number of phenols is 1. The number of carbonyl (C=O) groups is 2. The molecule has 1 aliphatic heterocycles. The fourth-order valence-electron chi connectivity index (χ4n) is 2.67. The van der Waals surface area contributed by atoms with Crippen LogP contribution in [-0.4, -0.2) is 23.5 Å². The summed E-state index contributed by atoms with van der Waals surface area (Å²) in [6, 6.07) is 14.2. The van der Waals surface area contributed by atoms with E-state index in [9.17, 15) is 14.7 Å². The standard InChI is InChI=1S/C18H18N2O3/c1-12-6-8-14(9-7-12)20-11-13(10-17(20)22)18(23)19-15-4-2-3-5-16(15)21/h2-9,13,21H,10-11H2,1H3,(H,19,23). The van der Waals surface area contributed by atoms with Crippen molar-refractivity contribution in [3.8, 4) is 5.75 Å². The smallest absolute Gasteiger partial charge is 0.229 e. The van der Waals surface area contributed by atoms with Gasteiger partial charge in [0.15, 0.2) is 0 Å². The molecule has 0 radical (unpaired) electrons. The van der Waals surface area contributed by atoms with Crippen LogP contribution in [0.25, 0.3) is 0 Å². The summed E-state index contributed by atoms with van der Waals surface area (Å²) in [4.78, 5) is 26.2. The van der Waals surface area contributed by atoms with Gasteiger partial charge in [-0.05, 0) is 31.2 Å². The highest BCUT2D eigenvalue weighted by molar-refractivity contribution is 6.03. The van der Waals surface area contributed by atoms with Crippen molar-refractivity contribution in [1.29, 1.82) is 0 Å². The summed E-state index contributed by atoms with van der Waals surface area (Å²) >= 11 is 0. The molecule has 118 valence electrons. The summed E-state index contributed by atoms with van der Waals surface area (Å²) in [7, 11) is 0. The van der Waals surface area contributed by atoms with E-state index in [0.717, 1.165) is 11.3 Å². The second kappa shape index (κ2) is 6.12. The molecule has 2 amide bonds. The highest BCUT2D eigenvalue weighted by Gasteiger charge is 2.35. The van der Waals surface area contributed by atoms with Crippen LogP contribution in [0.3, 0.4) is 0 Å². The van der Waals surface area contributed by atoms with Crippen LogP contribution >= 0.6 is 0 Å². The van der Waals surface area contributed by atoms with E-state index in [1.807, 2.05) is 31.2 Å². The van der Waals surface area contributed by atoms with Gasteiger partial charge in [0.05, 0.1) is 11.6 Å². The van der Waals surface area contributed by atoms with E-state index in [1.165, 1.54) is 6.07 Å². The Kier molecular flexibility index (Phi) is 4.02. The van der Waals surface area contributed by atoms with Gasteiger partial charge >= 0.3 is 0 Å². The first-order chi connectivity index (χ1) is 11.0. The number of carbonyl (C=O) groups excluding carboxylic acids is 2. The van der Waals surface area contributed by atoms with Crippen molar-refractivity contribution in [3.63, 3.8) is 0 Å². The maximum absolute atomic E-state index is 12.3. The Morgan fingerprint density at radius 2 is 1.87 bits per heavy atom. The molecule has 2 N–H and O–H groups in total. The molecule has 3 rings (SSSR count). The molecule has 1 fully saturated rings. The lowest BCUT2D eigenvalue weighted by Crippen LogP contribution is -2.28. The van der Waals surface area contributed by atoms with Crippen molar-refractivity contribution in [3.05, 3.63) is 54.1 Å². The fraction of sp³-hybridized carbons (Fsp3) is 0.222. The molecule has 0 spiro atoms. The molecule has 0 bridgehead atoms. The summed E-state index contributed by atoms with van der Waals surface area (Å²) in [5, 5.41) is 12.4. The Morgan fingerprint density at radius 1 is 1.17 bits per heavy atom. The molecule has 5 heteroatoms. The second-order valence-corrected chi connectivity index (χ2v) is 5.75. The molecular weight excluding hydrogens is 292 g/mol. The maximum Gasteiger partial charge on any atom is 0.229 e. The van der Waals surface area contributed by atoms with Gasteiger partial charge in [0, 0.05) is 18.7 Å². The van der Waals surface area contributed by atoms with Gasteiger partial charge in [-0.3, -0.25) is 9.59 Å². The zero-order valence-electron chi connectivity index (χ0n) is 12.8. The lowest BCUT2D eigenvalue weighted by Gasteiger charge is -2.17. The Hall–Kier alpha value is -2.82. The normalized spacial score (nSPS) is 17.3. The van der Waals surface area contributed by atoms with Gasteiger partial charge in [-0.15, -0.1) is 0 Å². The van der Waals surface area contributed by atoms with Gasteiger partial charge in [0.2, 0.25) is 11.8 Å². The van der Waals surface area contributed by atoms with Gasteiger partial charge in [-0.1, -0.05) is 29.8 Å². The number of hydrogen-bond donors (Lipinski definition) is 2. The number of amides is 2. The average Bonchev–Trinajstić information content (AvgIpc) is 2.92. The van der Waals surface area contributed by atoms with Crippen molar-refractivity contribution in [1.82, 2.24) is 0 Å². The topological polar surface area (TPSA) is 69.6 Å². The van der Waals surface area contributed by atoms with E-state index in [1.54, 1.807) is 23.1 Å². The number of anilines is 2. The molecule has 0 aliphatic carbocycles. The summed E-state index contributed by atoms with van der Waals surface area (Å²) < 4.78 is 0. The molecule has 1 unspecified atom stereocenters. The van der Waals surface area contributed by atoms with Crippen molar-refractivity contribution >= 4 is 23.2 Å². The minimum Gasteiger partial charge on any atom is -0.506 e. The van der Waals surface area contributed by atoms with Crippen LogP contribution in [0.1, 0.15) is 12.0 Å². The van der Waals surface area contributed by atoms with Crippen molar-refractivity contribution in [2.24, 2.45) is 5.92 Å². The van der Waals surface area contributed by atoms with Crippen LogP contribution in [0.4, 0.5) is 11.4 Å². The first-order valence-corrected chi connectivity index (χ1v) is 7.50. The van der Waals surface area contributed by atoms with Crippen molar-refractivity contribution in [2.45, 2.75) is 13.3 Å². The molecule has 1 heterocycles. The monoisotopic (exact) mass is 310 g/mol. The number of nitrogens with zero attached hydrogens (tertiary/aromatic N) is 1. The summed E-state index contributed by atoms with van der Waals surface area (Å²) in [5.74, 6) is -0.732. The van der Waals surface area contributed by atoms with E-state index < -0.39 is 5.92 Å². The molecule has 2 aromatic rings. The number of rotatable bonds is 3. The third-order valence-electron chi connectivity index (χ3n) is 4.00. The Labute approximate surface area is 134 Å². The van der Waals surface area contributed by atoms with Crippen LogP contribution < -0.4 is 10.2 Å². The average molecular weight is 310 g/mol. The van der Waals surface area contributed by atoms with Gasteiger partial charge in [0.1, 0.15) is 5.75 Å². The maximum atomic E-state index is 12.3. The largest absolute Gasteiger partial charge is 0.506 e. The molecule has 1 atom stereocenters. The van der Waals surface area contributed by atoms with Crippen LogP contribution in [0.5, 0.6) is 5.75 Å². The van der Waals surface area contributed by atoms with E-state index in [0.29, 0.717) is 12.2 Å². The minimum absolute atomic E-state index is 0.0144. The number of phenolic OH excluding ortho intramolecular Hbond substituents is 1. The van der Waals surface area contributed by atoms with Crippen LogP contribution in [0.2, 0.25) is 0 Å². The van der Waals surface area contributed by atoms with Gasteiger partial charge in [0.25, 0.3) is 0 Å². The lowest BCUT2D eigenvalue weighted by atomic mass is 10.1. The molecule has 0 aromatic heterocycles. The molecule has 23 heavy (non-hydrogen) atoms. The predicted molar refractivity (Wildman–Crippen MR) is 88.4 cm³/mol. The van der Waals surface area contributed by atoms with Gasteiger partial charge in [-0.2, -0.15) is 0 Å². The van der Waals surface area contributed by atoms with Crippen LogP contribution in [0, 0.1) is 12.8 Å². The van der Waals surface area contributed by atoms with Gasteiger partial charge < -0.3 is 15.3 Å². The molecule has 2 aromatic carbocycles. The third kappa shape index (κ3) is 3.18.